The Labute approximate surface area is 279 Å². The van der Waals surface area contributed by atoms with Crippen molar-refractivity contribution >= 4 is 7.74 Å². The van der Waals surface area contributed by atoms with Gasteiger partial charge in [-0.05, 0) is 0 Å². The molecule has 6 rings (SSSR count). The summed E-state index contributed by atoms with van der Waals surface area (Å²) in [5.74, 6) is -2.45. The maximum absolute atomic E-state index is 17.6. The number of aryl methyl sites for hydroxylation is 2. The van der Waals surface area contributed by atoms with E-state index < -0.39 is 39.9 Å². The molecule has 4 aromatic rings. The van der Waals surface area contributed by atoms with Crippen LogP contribution in [0.4, 0.5) is 17.6 Å². The molecule has 2 aromatic heterocycles. The fraction of sp³-hybridized carbons (Fsp3) is 0.300. The number of allylic oxidation sites excluding steroid dienone is 8. The van der Waals surface area contributed by atoms with Gasteiger partial charge in [-0.1, -0.05) is 0 Å². The van der Waals surface area contributed by atoms with Crippen LogP contribution in [0, 0.1) is 49.0 Å². The van der Waals surface area contributed by atoms with Gasteiger partial charge in [-0.25, -0.2) is 0 Å². The first-order chi connectivity index (χ1) is 22.5. The third-order valence-electron chi connectivity index (χ3n) is 9.43. The zero-order valence-electron chi connectivity index (χ0n) is 28.0. The van der Waals surface area contributed by atoms with Crippen LogP contribution in [0.2, 0.25) is 0 Å². The Balaban J connectivity index is 1.72. The molecular weight excluding hydrogens is 632 g/mol. The van der Waals surface area contributed by atoms with Gasteiger partial charge in [-0.15, -0.1) is 0 Å². The Morgan fingerprint density at radius 1 is 0.596 bits per heavy atom. The molecule has 2 heterocycles. The summed E-state index contributed by atoms with van der Waals surface area (Å²) in [5, 5.41) is 0. The summed E-state index contributed by atoms with van der Waals surface area (Å²) in [7, 11) is 0. The summed E-state index contributed by atoms with van der Waals surface area (Å²) in [6, 6.07) is 13.3. The van der Waals surface area contributed by atoms with E-state index in [9.17, 15) is 0 Å². The number of nitrogens with zero attached hydrogens (tertiary/aromatic N) is 2. The standard InChI is InChI=1S/2C15H16F2N.2C5H5.Ti/c2*1-10(2)8-13-6-4-11(3)18(13)15-7-5-12(16)9-14(15)17;2*1-2-4-5-3-1;/h2*4-7,10H,8H2,1-3H3;2*1-3H,4H2;. The minimum absolute atomic E-state index is 0.183. The quantitative estimate of drug-likeness (QED) is 0.117. The molecule has 0 spiro atoms. The molecule has 2 aliphatic carbocycles. The molecule has 7 heteroatoms. The van der Waals surface area contributed by atoms with E-state index in [1.54, 1.807) is 0 Å². The van der Waals surface area contributed by atoms with Crippen molar-refractivity contribution in [2.45, 2.75) is 67.2 Å². The second-order valence-corrected chi connectivity index (χ2v) is 19.6. The topological polar surface area (TPSA) is 9.86 Å². The van der Waals surface area contributed by atoms with Gasteiger partial charge in [0.15, 0.2) is 0 Å². The molecule has 0 aliphatic heterocycles. The van der Waals surface area contributed by atoms with Gasteiger partial charge in [0.1, 0.15) is 0 Å². The molecule has 244 valence electrons. The zero-order chi connectivity index (χ0) is 33.6. The molecule has 0 unspecified atom stereocenters. The molecule has 0 saturated carbocycles. The molecule has 2 aromatic carbocycles. The van der Waals surface area contributed by atoms with Crippen molar-refractivity contribution in [3.05, 3.63) is 139 Å². The molecule has 0 amide bonds. The third kappa shape index (κ3) is 5.68. The summed E-state index contributed by atoms with van der Waals surface area (Å²) < 4.78 is 73.4. The number of rotatable bonds is 10. The summed E-state index contributed by atoms with van der Waals surface area (Å²) in [6.45, 7) is 12.2. The Hall–Kier alpha value is -3.61. The van der Waals surface area contributed by atoms with Gasteiger partial charge >= 0.3 is 280 Å². The average Bonchev–Trinajstić information content (AvgIpc) is 3.83. The van der Waals surface area contributed by atoms with Gasteiger partial charge < -0.3 is 0 Å². The summed E-state index contributed by atoms with van der Waals surface area (Å²) in [5.41, 5.74) is 3.80. The summed E-state index contributed by atoms with van der Waals surface area (Å²) in [4.78, 5) is 0. The van der Waals surface area contributed by atoms with Crippen molar-refractivity contribution in [2.75, 3.05) is 0 Å². The second-order valence-electron chi connectivity index (χ2n) is 13.7. The van der Waals surface area contributed by atoms with Crippen molar-refractivity contribution in [1.82, 2.24) is 9.13 Å². The molecule has 0 N–H and O–H groups in total. The zero-order valence-corrected chi connectivity index (χ0v) is 29.5. The van der Waals surface area contributed by atoms with Crippen LogP contribution in [-0.4, -0.2) is 9.13 Å². The SMILES string of the molecule is Cc1ccc(CC(C)C)n1-c1ccc(F)[c]([Ti]([C]2=CC=CC2)([C]2=CC=CC2)[c]2c(F)ccc(-n3c(C)ccc3CC(C)C)c2F)c1F. The monoisotopic (exact) mass is 674 g/mol. The van der Waals surface area contributed by atoms with E-state index >= 15 is 17.6 Å². The van der Waals surface area contributed by atoms with Gasteiger partial charge in [0.05, 0.1) is 0 Å². The molecule has 0 fully saturated rings. The van der Waals surface area contributed by atoms with Crippen molar-refractivity contribution in [2.24, 2.45) is 11.8 Å². The van der Waals surface area contributed by atoms with E-state index in [0.717, 1.165) is 22.8 Å². The van der Waals surface area contributed by atoms with Crippen LogP contribution in [0.3, 0.4) is 0 Å². The molecule has 2 aliphatic rings. The first kappa shape index (κ1) is 33.3. The number of aromatic nitrogens is 2. The van der Waals surface area contributed by atoms with Crippen molar-refractivity contribution in [3.63, 3.8) is 0 Å². The minimum atomic E-state index is -5.02. The van der Waals surface area contributed by atoms with Gasteiger partial charge in [-0.2, -0.15) is 0 Å². The van der Waals surface area contributed by atoms with Crippen LogP contribution < -0.4 is 7.74 Å². The molecule has 0 bridgehead atoms. The summed E-state index contributed by atoms with van der Waals surface area (Å²) in [6.07, 6.45) is 13.3. The number of halogens is 4. The van der Waals surface area contributed by atoms with Gasteiger partial charge in [0.2, 0.25) is 0 Å². The molecule has 0 saturated heterocycles. The molecule has 0 atom stereocenters. The normalized spacial score (nSPS) is 14.6. The van der Waals surface area contributed by atoms with E-state index in [1.165, 1.54) is 24.3 Å². The third-order valence-corrected chi connectivity index (χ3v) is 17.4. The Morgan fingerprint density at radius 2 is 1.00 bits per heavy atom. The predicted octanol–water partition coefficient (Wildman–Crippen LogP) is 9.63. The Bertz CT molecular complexity index is 1830. The number of hydrogen-bond acceptors (Lipinski definition) is 0. The van der Waals surface area contributed by atoms with Crippen molar-refractivity contribution in [1.29, 1.82) is 0 Å². The van der Waals surface area contributed by atoms with Gasteiger partial charge in [0.25, 0.3) is 0 Å². The first-order valence-electron chi connectivity index (χ1n) is 16.5. The van der Waals surface area contributed by atoms with E-state index in [-0.39, 0.29) is 19.1 Å². The molecule has 47 heavy (non-hydrogen) atoms. The second kappa shape index (κ2) is 13.1. The molecule has 0 radical (unpaired) electrons. The fourth-order valence-corrected chi connectivity index (χ4v) is 15.8. The van der Waals surface area contributed by atoms with Crippen molar-refractivity contribution < 1.29 is 34.2 Å². The van der Waals surface area contributed by atoms with Crippen LogP contribution in [0.1, 0.15) is 63.3 Å². The maximum atomic E-state index is 17.6. The van der Waals surface area contributed by atoms with Gasteiger partial charge in [-0.3, -0.25) is 0 Å². The van der Waals surface area contributed by atoms with Gasteiger partial charge in [0, 0.05) is 0 Å². The van der Waals surface area contributed by atoms with Crippen LogP contribution in [-0.2, 0) is 29.4 Å². The number of hydrogen-bond donors (Lipinski definition) is 0. The van der Waals surface area contributed by atoms with Crippen LogP contribution in [0.25, 0.3) is 11.4 Å². The van der Waals surface area contributed by atoms with Crippen LogP contribution in [0.5, 0.6) is 0 Å². The number of benzene rings is 2. The first-order valence-corrected chi connectivity index (χ1v) is 19.6. The van der Waals surface area contributed by atoms with E-state index in [2.05, 4.69) is 27.7 Å². The van der Waals surface area contributed by atoms with E-state index in [4.69, 9.17) is 0 Å². The van der Waals surface area contributed by atoms with E-state index in [1.807, 2.05) is 83.7 Å². The molecule has 2 nitrogen and oxygen atoms in total. The fourth-order valence-electron chi connectivity index (χ4n) is 7.57. The average molecular weight is 675 g/mol. The summed E-state index contributed by atoms with van der Waals surface area (Å²) >= 11 is -5.02. The Kier molecular flexibility index (Phi) is 9.30. The predicted molar refractivity (Wildman–Crippen MR) is 181 cm³/mol. The van der Waals surface area contributed by atoms with E-state index in [0.29, 0.717) is 45.3 Å². The van der Waals surface area contributed by atoms with Crippen molar-refractivity contribution in [3.8, 4) is 11.4 Å². The molecular formula is C40H42F4N2Ti. The van der Waals surface area contributed by atoms with Crippen LogP contribution in [0.15, 0.2) is 92.7 Å². The van der Waals surface area contributed by atoms with Crippen LogP contribution >= 0.6 is 0 Å². The Morgan fingerprint density at radius 3 is 1.34 bits per heavy atom.